The van der Waals surface area contributed by atoms with Gasteiger partial charge in [-0.15, -0.1) is 11.3 Å². The lowest BCUT2D eigenvalue weighted by Gasteiger charge is -2.12. The smallest absolute Gasteiger partial charge is 0.236 e. The van der Waals surface area contributed by atoms with Gasteiger partial charge in [0.2, 0.25) is 5.91 Å². The van der Waals surface area contributed by atoms with Crippen LogP contribution in [0.2, 0.25) is 0 Å². The molecule has 4 aromatic rings. The predicted molar refractivity (Wildman–Crippen MR) is 101 cm³/mol. The van der Waals surface area contributed by atoms with Crippen molar-refractivity contribution >= 4 is 33.8 Å². The highest BCUT2D eigenvalue weighted by Gasteiger charge is 2.53. The highest BCUT2D eigenvalue weighted by atomic mass is 32.1. The predicted octanol–water partition coefficient (Wildman–Crippen LogP) is 4.62. The molecule has 1 fully saturated rings. The van der Waals surface area contributed by atoms with Gasteiger partial charge in [-0.3, -0.25) is 9.78 Å². The Labute approximate surface area is 153 Å². The number of nitrogens with one attached hydrogen (secondary N) is 1. The summed E-state index contributed by atoms with van der Waals surface area (Å²) in [5.74, 6) is 0.678. The van der Waals surface area contributed by atoms with Crippen molar-refractivity contribution in [1.82, 2.24) is 10.1 Å². The monoisotopic (exact) mass is 361 g/mol. The average molecular weight is 361 g/mol. The molecule has 6 heteroatoms. The molecular formula is C20H15N3O2S. The summed E-state index contributed by atoms with van der Waals surface area (Å²) < 4.78 is 5.47. The Morgan fingerprint density at radius 2 is 2.08 bits per heavy atom. The van der Waals surface area contributed by atoms with Gasteiger partial charge in [0, 0.05) is 23.3 Å². The van der Waals surface area contributed by atoms with E-state index in [0.29, 0.717) is 11.5 Å². The molecule has 1 aromatic carbocycles. The van der Waals surface area contributed by atoms with Crippen molar-refractivity contribution in [3.05, 3.63) is 65.8 Å². The average Bonchev–Trinajstić information content (AvgIpc) is 3.08. The number of hydrogen-bond acceptors (Lipinski definition) is 5. The van der Waals surface area contributed by atoms with E-state index in [2.05, 4.69) is 15.5 Å². The molecule has 1 saturated carbocycles. The minimum absolute atomic E-state index is 0.0354. The molecule has 5 rings (SSSR count). The van der Waals surface area contributed by atoms with Crippen molar-refractivity contribution in [1.29, 1.82) is 0 Å². The molecule has 0 saturated heterocycles. The molecule has 1 aliphatic carbocycles. The van der Waals surface area contributed by atoms with E-state index in [1.54, 1.807) is 17.5 Å². The van der Waals surface area contributed by atoms with Crippen LogP contribution in [0.4, 0.5) is 5.69 Å². The summed E-state index contributed by atoms with van der Waals surface area (Å²) in [6.45, 7) is 0. The summed E-state index contributed by atoms with van der Waals surface area (Å²) in [4.78, 5) is 18.2. The Kier molecular flexibility index (Phi) is 3.39. The lowest BCUT2D eigenvalue weighted by atomic mass is 10.0. The number of pyridine rings is 1. The quantitative estimate of drug-likeness (QED) is 0.576. The van der Waals surface area contributed by atoms with Crippen molar-refractivity contribution < 1.29 is 9.32 Å². The first-order chi connectivity index (χ1) is 12.7. The van der Waals surface area contributed by atoms with E-state index in [9.17, 15) is 4.79 Å². The maximum absolute atomic E-state index is 12.9. The zero-order valence-electron chi connectivity index (χ0n) is 13.8. The number of thiophene rings is 1. The fourth-order valence-electron chi connectivity index (χ4n) is 3.16. The molecular weight excluding hydrogens is 346 g/mol. The Balaban J connectivity index is 1.40. The van der Waals surface area contributed by atoms with Crippen LogP contribution in [0.3, 0.4) is 0 Å². The van der Waals surface area contributed by atoms with Crippen molar-refractivity contribution in [3.8, 4) is 10.6 Å². The largest absolute Gasteiger partial charge is 0.355 e. The Morgan fingerprint density at radius 1 is 1.15 bits per heavy atom. The number of rotatable bonds is 4. The van der Waals surface area contributed by atoms with Crippen LogP contribution < -0.4 is 5.32 Å². The first kappa shape index (κ1) is 15.3. The highest BCUT2D eigenvalue weighted by Crippen LogP contribution is 2.49. The first-order valence-electron chi connectivity index (χ1n) is 8.42. The van der Waals surface area contributed by atoms with Gasteiger partial charge >= 0.3 is 0 Å². The van der Waals surface area contributed by atoms with Gasteiger partial charge < -0.3 is 9.84 Å². The Morgan fingerprint density at radius 3 is 2.88 bits per heavy atom. The molecule has 0 atom stereocenters. The van der Waals surface area contributed by atoms with Gasteiger partial charge in [0.15, 0.2) is 5.76 Å². The third kappa shape index (κ3) is 2.50. The van der Waals surface area contributed by atoms with E-state index in [1.165, 1.54) is 0 Å². The third-order valence-corrected chi connectivity index (χ3v) is 5.69. The molecule has 5 nitrogen and oxygen atoms in total. The number of fused-ring (bicyclic) bond motifs is 1. The topological polar surface area (TPSA) is 68.0 Å². The molecule has 0 radical (unpaired) electrons. The Bertz CT molecular complexity index is 1100. The second kappa shape index (κ2) is 5.78. The van der Waals surface area contributed by atoms with Gasteiger partial charge in [0.25, 0.3) is 0 Å². The lowest BCUT2D eigenvalue weighted by Crippen LogP contribution is -2.28. The molecule has 1 N–H and O–H groups in total. The van der Waals surface area contributed by atoms with Crippen LogP contribution in [0.5, 0.6) is 0 Å². The van der Waals surface area contributed by atoms with Gasteiger partial charge in [-0.2, -0.15) is 0 Å². The minimum atomic E-state index is -0.580. The second-order valence-electron chi connectivity index (χ2n) is 6.50. The van der Waals surface area contributed by atoms with Crippen LogP contribution in [-0.4, -0.2) is 16.0 Å². The summed E-state index contributed by atoms with van der Waals surface area (Å²) in [5, 5.41) is 10.2. The molecule has 0 aliphatic heterocycles. The van der Waals surface area contributed by atoms with E-state index in [-0.39, 0.29) is 5.91 Å². The normalized spacial score (nSPS) is 15.1. The minimum Gasteiger partial charge on any atom is -0.355 e. The van der Waals surface area contributed by atoms with Gasteiger partial charge in [-0.1, -0.05) is 17.3 Å². The fraction of sp³-hybridized carbons (Fsp3) is 0.150. The summed E-state index contributed by atoms with van der Waals surface area (Å²) in [6.07, 6.45) is 3.32. The molecule has 3 aromatic heterocycles. The van der Waals surface area contributed by atoms with Crippen molar-refractivity contribution in [2.24, 2.45) is 0 Å². The number of hydrogen-bond donors (Lipinski definition) is 1. The SMILES string of the molecule is O=C(Nc1ccc2ncccc2c1)C1(c2cc(-c3cccs3)on2)CC1. The van der Waals surface area contributed by atoms with Crippen molar-refractivity contribution in [2.45, 2.75) is 18.3 Å². The van der Waals surface area contributed by atoms with Crippen LogP contribution in [0.1, 0.15) is 18.5 Å². The second-order valence-corrected chi connectivity index (χ2v) is 7.45. The lowest BCUT2D eigenvalue weighted by molar-refractivity contribution is -0.118. The molecule has 0 unspecified atom stereocenters. The van der Waals surface area contributed by atoms with E-state index < -0.39 is 5.41 Å². The van der Waals surface area contributed by atoms with E-state index in [0.717, 1.165) is 34.3 Å². The standard InChI is InChI=1S/C20H15N3O2S/c24-19(22-14-5-6-15-13(11-14)3-1-9-21-15)20(7-8-20)18-12-16(25-23-18)17-4-2-10-26-17/h1-6,9-12H,7-8H2,(H,22,24). The molecule has 0 spiro atoms. The number of amides is 1. The van der Waals surface area contributed by atoms with Crippen molar-refractivity contribution in [2.75, 3.05) is 5.32 Å². The molecule has 1 aliphatic rings. The highest BCUT2D eigenvalue weighted by molar-refractivity contribution is 7.13. The third-order valence-electron chi connectivity index (χ3n) is 4.81. The fourth-order valence-corrected chi connectivity index (χ4v) is 3.84. The zero-order valence-corrected chi connectivity index (χ0v) is 14.6. The summed E-state index contributed by atoms with van der Waals surface area (Å²) in [5.41, 5.74) is 1.80. The van der Waals surface area contributed by atoms with Gasteiger partial charge in [-0.05, 0) is 48.6 Å². The first-order valence-corrected chi connectivity index (χ1v) is 9.30. The van der Waals surface area contributed by atoms with Gasteiger partial charge in [0.05, 0.1) is 21.5 Å². The number of carbonyl (C=O) groups is 1. The van der Waals surface area contributed by atoms with Crippen molar-refractivity contribution in [3.63, 3.8) is 0 Å². The van der Waals surface area contributed by atoms with Crippen LogP contribution in [0, 0.1) is 0 Å². The number of aromatic nitrogens is 2. The van der Waals surface area contributed by atoms with Gasteiger partial charge in [0.1, 0.15) is 0 Å². The molecule has 128 valence electrons. The number of nitrogens with zero attached hydrogens (tertiary/aromatic N) is 2. The maximum Gasteiger partial charge on any atom is 0.236 e. The number of carbonyl (C=O) groups excluding carboxylic acids is 1. The van der Waals surface area contributed by atoms with E-state index in [4.69, 9.17) is 4.52 Å². The molecule has 26 heavy (non-hydrogen) atoms. The maximum atomic E-state index is 12.9. The molecule has 3 heterocycles. The molecule has 0 bridgehead atoms. The number of benzene rings is 1. The molecule has 1 amide bonds. The van der Waals surface area contributed by atoms with Crippen LogP contribution >= 0.6 is 11.3 Å². The summed E-state index contributed by atoms with van der Waals surface area (Å²) >= 11 is 1.59. The van der Waals surface area contributed by atoms with Crippen LogP contribution in [0.25, 0.3) is 21.5 Å². The zero-order chi connectivity index (χ0) is 17.6. The summed E-state index contributed by atoms with van der Waals surface area (Å²) in [7, 11) is 0. The summed E-state index contributed by atoms with van der Waals surface area (Å²) in [6, 6.07) is 15.4. The van der Waals surface area contributed by atoms with E-state index in [1.807, 2.05) is 53.9 Å². The van der Waals surface area contributed by atoms with E-state index >= 15 is 0 Å². The number of anilines is 1. The van der Waals surface area contributed by atoms with Gasteiger partial charge in [-0.25, -0.2) is 0 Å². The Hall–Kier alpha value is -2.99. The van der Waals surface area contributed by atoms with Crippen LogP contribution in [-0.2, 0) is 10.2 Å². The van der Waals surface area contributed by atoms with Crippen LogP contribution in [0.15, 0.2) is 64.6 Å².